The summed E-state index contributed by atoms with van der Waals surface area (Å²) in [5.74, 6) is 0.311. The summed E-state index contributed by atoms with van der Waals surface area (Å²) < 4.78 is 5.20. The van der Waals surface area contributed by atoms with Crippen molar-refractivity contribution < 1.29 is 9.53 Å². The Labute approximate surface area is 152 Å². The number of aromatic amines is 1. The molecule has 2 N–H and O–H groups in total. The predicted molar refractivity (Wildman–Crippen MR) is 103 cm³/mol. The van der Waals surface area contributed by atoms with Crippen LogP contribution in [0.5, 0.6) is 5.75 Å². The molecule has 1 heterocycles. The number of benzene rings is 2. The van der Waals surface area contributed by atoms with Crippen LogP contribution in [0.4, 0.5) is 0 Å². The molecule has 0 unspecified atom stereocenters. The number of carbonyl (C=O) groups is 1. The van der Waals surface area contributed by atoms with Gasteiger partial charge in [-0.3, -0.25) is 9.59 Å². The van der Waals surface area contributed by atoms with Gasteiger partial charge in [-0.1, -0.05) is 12.1 Å². The number of H-pyrrole nitrogens is 1. The van der Waals surface area contributed by atoms with E-state index >= 15 is 0 Å². The third-order valence-corrected chi connectivity index (χ3v) is 4.57. The molecule has 0 bridgehead atoms. The Morgan fingerprint density at radius 1 is 1.12 bits per heavy atom. The summed E-state index contributed by atoms with van der Waals surface area (Å²) in [4.78, 5) is 27.5. The van der Waals surface area contributed by atoms with Gasteiger partial charge in [0, 0.05) is 17.6 Å². The molecule has 3 aromatic rings. The van der Waals surface area contributed by atoms with Gasteiger partial charge in [0.05, 0.1) is 12.7 Å². The van der Waals surface area contributed by atoms with Crippen molar-refractivity contribution in [2.24, 2.45) is 0 Å². The SMILES string of the molecule is COc1ccccc1C(=O)NCCc1cc2cc(C)c(C)cc2[nH]c1=O. The molecule has 0 saturated heterocycles. The smallest absolute Gasteiger partial charge is 0.255 e. The first kappa shape index (κ1) is 17.7. The maximum absolute atomic E-state index is 12.3. The first-order valence-electron chi connectivity index (χ1n) is 8.54. The van der Waals surface area contributed by atoms with Gasteiger partial charge in [-0.05, 0) is 67.1 Å². The second kappa shape index (κ2) is 7.44. The maximum Gasteiger partial charge on any atom is 0.255 e. The number of ether oxygens (including phenoxy) is 1. The zero-order chi connectivity index (χ0) is 18.7. The number of aromatic nitrogens is 1. The van der Waals surface area contributed by atoms with Crippen LogP contribution >= 0.6 is 0 Å². The summed E-state index contributed by atoms with van der Waals surface area (Å²) in [5.41, 5.74) is 4.17. The fourth-order valence-electron chi connectivity index (χ4n) is 2.95. The van der Waals surface area contributed by atoms with E-state index < -0.39 is 0 Å². The van der Waals surface area contributed by atoms with E-state index in [9.17, 15) is 9.59 Å². The van der Waals surface area contributed by atoms with Crippen molar-refractivity contribution in [1.82, 2.24) is 10.3 Å². The number of nitrogens with one attached hydrogen (secondary N) is 2. The molecule has 0 atom stereocenters. The highest BCUT2D eigenvalue weighted by atomic mass is 16.5. The fraction of sp³-hybridized carbons (Fsp3) is 0.238. The lowest BCUT2D eigenvalue weighted by Gasteiger charge is -2.09. The highest BCUT2D eigenvalue weighted by molar-refractivity contribution is 5.96. The third kappa shape index (κ3) is 3.61. The van der Waals surface area contributed by atoms with Crippen LogP contribution in [0.3, 0.4) is 0 Å². The Bertz CT molecular complexity index is 1020. The number of pyridine rings is 1. The summed E-state index contributed by atoms with van der Waals surface area (Å²) >= 11 is 0. The molecule has 0 saturated carbocycles. The second-order valence-corrected chi connectivity index (χ2v) is 6.35. The van der Waals surface area contributed by atoms with Crippen LogP contribution in [0.15, 0.2) is 47.3 Å². The zero-order valence-electron chi connectivity index (χ0n) is 15.2. The topological polar surface area (TPSA) is 71.2 Å². The summed E-state index contributed by atoms with van der Waals surface area (Å²) in [6.45, 7) is 4.44. The Morgan fingerprint density at radius 3 is 2.62 bits per heavy atom. The maximum atomic E-state index is 12.3. The average molecular weight is 350 g/mol. The molecular weight excluding hydrogens is 328 g/mol. The first-order valence-corrected chi connectivity index (χ1v) is 8.54. The van der Waals surface area contributed by atoms with Crippen LogP contribution in [-0.4, -0.2) is 24.5 Å². The number of rotatable bonds is 5. The molecule has 0 aliphatic carbocycles. The van der Waals surface area contributed by atoms with Gasteiger partial charge in [0.2, 0.25) is 0 Å². The van der Waals surface area contributed by atoms with Gasteiger partial charge in [-0.2, -0.15) is 0 Å². The molecule has 1 amide bonds. The van der Waals surface area contributed by atoms with Crippen LogP contribution < -0.4 is 15.6 Å². The van der Waals surface area contributed by atoms with E-state index in [0.29, 0.717) is 29.8 Å². The molecule has 2 aromatic carbocycles. The largest absolute Gasteiger partial charge is 0.496 e. The Hall–Kier alpha value is -3.08. The minimum Gasteiger partial charge on any atom is -0.496 e. The highest BCUT2D eigenvalue weighted by Gasteiger charge is 2.11. The van der Waals surface area contributed by atoms with Crippen molar-refractivity contribution in [2.75, 3.05) is 13.7 Å². The van der Waals surface area contributed by atoms with Crippen molar-refractivity contribution in [3.8, 4) is 5.75 Å². The van der Waals surface area contributed by atoms with E-state index in [2.05, 4.69) is 16.4 Å². The van der Waals surface area contributed by atoms with Crippen molar-refractivity contribution >= 4 is 16.8 Å². The molecule has 134 valence electrons. The molecule has 0 fully saturated rings. The normalized spacial score (nSPS) is 10.7. The molecule has 0 aliphatic heterocycles. The number of hydrogen-bond acceptors (Lipinski definition) is 3. The van der Waals surface area contributed by atoms with Crippen LogP contribution in [0.2, 0.25) is 0 Å². The van der Waals surface area contributed by atoms with Crippen LogP contribution in [0.25, 0.3) is 10.9 Å². The van der Waals surface area contributed by atoms with Crippen LogP contribution in [0.1, 0.15) is 27.0 Å². The molecule has 5 nitrogen and oxygen atoms in total. The molecule has 0 spiro atoms. The number of carbonyl (C=O) groups excluding carboxylic acids is 1. The minimum absolute atomic E-state index is 0.118. The molecule has 5 heteroatoms. The minimum atomic E-state index is -0.217. The van der Waals surface area contributed by atoms with Gasteiger partial charge in [0.1, 0.15) is 5.75 Å². The van der Waals surface area contributed by atoms with Gasteiger partial charge < -0.3 is 15.0 Å². The lowest BCUT2D eigenvalue weighted by molar-refractivity contribution is 0.0951. The Balaban J connectivity index is 1.73. The number of para-hydroxylation sites is 1. The standard InChI is InChI=1S/C21H22N2O3/c1-13-10-16-12-15(20(24)23-18(16)11-14(13)2)8-9-22-21(25)17-6-4-5-7-19(17)26-3/h4-7,10-12H,8-9H2,1-3H3,(H,22,25)(H,23,24). The predicted octanol–water partition coefficient (Wildman–Crippen LogP) is 3.13. The fourth-order valence-corrected chi connectivity index (χ4v) is 2.95. The number of fused-ring (bicyclic) bond motifs is 1. The van der Waals surface area contributed by atoms with Gasteiger partial charge in [0.15, 0.2) is 0 Å². The van der Waals surface area contributed by atoms with Gasteiger partial charge >= 0.3 is 0 Å². The molecule has 0 radical (unpaired) electrons. The Kier molecular flexibility index (Phi) is 5.07. The van der Waals surface area contributed by atoms with E-state index in [0.717, 1.165) is 16.5 Å². The summed E-state index contributed by atoms with van der Waals surface area (Å²) in [6.07, 6.45) is 0.457. The van der Waals surface area contributed by atoms with Crippen LogP contribution in [-0.2, 0) is 6.42 Å². The summed E-state index contributed by atoms with van der Waals surface area (Å²) in [6, 6.07) is 13.0. The second-order valence-electron chi connectivity index (χ2n) is 6.35. The first-order chi connectivity index (χ1) is 12.5. The van der Waals surface area contributed by atoms with E-state index in [4.69, 9.17) is 4.74 Å². The van der Waals surface area contributed by atoms with E-state index in [1.54, 1.807) is 18.2 Å². The molecular formula is C21H22N2O3. The van der Waals surface area contributed by atoms with E-state index in [1.807, 2.05) is 32.0 Å². The van der Waals surface area contributed by atoms with Gasteiger partial charge in [-0.15, -0.1) is 0 Å². The molecule has 0 aliphatic rings. The van der Waals surface area contributed by atoms with Gasteiger partial charge in [-0.25, -0.2) is 0 Å². The Morgan fingerprint density at radius 2 is 1.85 bits per heavy atom. The number of aryl methyl sites for hydroxylation is 2. The monoisotopic (exact) mass is 350 g/mol. The molecule has 26 heavy (non-hydrogen) atoms. The van der Waals surface area contributed by atoms with Crippen molar-refractivity contribution in [3.05, 3.63) is 75.1 Å². The molecule has 1 aromatic heterocycles. The average Bonchev–Trinajstić information content (AvgIpc) is 2.63. The van der Waals surface area contributed by atoms with Crippen molar-refractivity contribution in [3.63, 3.8) is 0 Å². The molecule has 3 rings (SSSR count). The van der Waals surface area contributed by atoms with Crippen molar-refractivity contribution in [1.29, 1.82) is 0 Å². The van der Waals surface area contributed by atoms with Gasteiger partial charge in [0.25, 0.3) is 11.5 Å². The number of hydrogen-bond donors (Lipinski definition) is 2. The number of methoxy groups -OCH3 is 1. The summed E-state index contributed by atoms with van der Waals surface area (Å²) in [5, 5.41) is 3.85. The van der Waals surface area contributed by atoms with Crippen LogP contribution in [0, 0.1) is 13.8 Å². The number of amides is 1. The highest BCUT2D eigenvalue weighted by Crippen LogP contribution is 2.18. The van der Waals surface area contributed by atoms with E-state index in [-0.39, 0.29) is 11.5 Å². The lowest BCUT2D eigenvalue weighted by Crippen LogP contribution is -2.27. The zero-order valence-corrected chi connectivity index (χ0v) is 15.2. The van der Waals surface area contributed by atoms with Crippen molar-refractivity contribution in [2.45, 2.75) is 20.3 Å². The summed E-state index contributed by atoms with van der Waals surface area (Å²) in [7, 11) is 1.53. The van der Waals surface area contributed by atoms with E-state index in [1.165, 1.54) is 12.7 Å². The third-order valence-electron chi connectivity index (χ3n) is 4.57. The lowest BCUT2D eigenvalue weighted by atomic mass is 10.0. The quantitative estimate of drug-likeness (QED) is 0.743.